The number of carbonyl (C=O) groups excluding carboxylic acids is 2. The van der Waals surface area contributed by atoms with Crippen molar-refractivity contribution in [2.75, 3.05) is 13.7 Å². The summed E-state index contributed by atoms with van der Waals surface area (Å²) in [6.07, 6.45) is 4.11. The number of nitrogens with zero attached hydrogens (tertiary/aromatic N) is 2. The summed E-state index contributed by atoms with van der Waals surface area (Å²) in [6.45, 7) is 3.35. The van der Waals surface area contributed by atoms with Crippen LogP contribution < -0.4 is 0 Å². The quantitative estimate of drug-likeness (QED) is 0.477. The Morgan fingerprint density at radius 2 is 2.04 bits per heavy atom. The van der Waals surface area contributed by atoms with Crippen molar-refractivity contribution in [3.63, 3.8) is 0 Å². The molecule has 0 radical (unpaired) electrons. The number of thiazole rings is 1. The predicted octanol–water partition coefficient (Wildman–Crippen LogP) is 4.25. The van der Waals surface area contributed by atoms with Crippen molar-refractivity contribution in [3.05, 3.63) is 52.0 Å². The minimum absolute atomic E-state index is 0.0640. The topological polar surface area (TPSA) is 59.5 Å². The van der Waals surface area contributed by atoms with Crippen molar-refractivity contribution in [2.24, 2.45) is 5.92 Å². The van der Waals surface area contributed by atoms with E-state index in [1.54, 1.807) is 5.38 Å². The van der Waals surface area contributed by atoms with Gasteiger partial charge in [0, 0.05) is 17.8 Å². The predicted molar refractivity (Wildman–Crippen MR) is 106 cm³/mol. The van der Waals surface area contributed by atoms with Crippen LogP contribution in [0.15, 0.2) is 35.7 Å². The third-order valence-corrected chi connectivity index (χ3v) is 5.78. The molecule has 6 heteroatoms. The van der Waals surface area contributed by atoms with Gasteiger partial charge in [-0.1, -0.05) is 50.1 Å². The number of hydrogen-bond acceptors (Lipinski definition) is 5. The van der Waals surface area contributed by atoms with E-state index >= 15 is 0 Å². The van der Waals surface area contributed by atoms with Crippen molar-refractivity contribution in [3.8, 4) is 0 Å². The van der Waals surface area contributed by atoms with Gasteiger partial charge < -0.3 is 9.64 Å². The number of esters is 1. The fourth-order valence-electron chi connectivity index (χ4n) is 3.34. The summed E-state index contributed by atoms with van der Waals surface area (Å²) < 4.78 is 4.72. The van der Waals surface area contributed by atoms with Gasteiger partial charge in [-0.25, -0.2) is 9.78 Å². The zero-order valence-electron chi connectivity index (χ0n) is 15.9. The Kier molecular flexibility index (Phi) is 6.61. The molecule has 0 N–H and O–H groups in total. The lowest BCUT2D eigenvalue weighted by Gasteiger charge is -2.22. The number of aromatic nitrogens is 1. The van der Waals surface area contributed by atoms with E-state index in [4.69, 9.17) is 4.74 Å². The Bertz CT molecular complexity index is 775. The molecule has 1 saturated carbocycles. The van der Waals surface area contributed by atoms with E-state index in [9.17, 15) is 9.59 Å². The maximum Gasteiger partial charge on any atom is 0.357 e. The minimum Gasteiger partial charge on any atom is -0.464 e. The van der Waals surface area contributed by atoms with Crippen LogP contribution in [-0.2, 0) is 16.1 Å². The van der Waals surface area contributed by atoms with Crippen LogP contribution in [-0.4, -0.2) is 35.4 Å². The lowest BCUT2D eigenvalue weighted by molar-refractivity contribution is -0.133. The van der Waals surface area contributed by atoms with E-state index < -0.39 is 5.97 Å². The van der Waals surface area contributed by atoms with Crippen molar-refractivity contribution < 1.29 is 14.3 Å². The number of rotatable bonds is 9. The molecule has 1 aromatic carbocycles. The summed E-state index contributed by atoms with van der Waals surface area (Å²) in [5.74, 6) is 0.158. The van der Waals surface area contributed by atoms with Gasteiger partial charge in [0.2, 0.25) is 5.91 Å². The van der Waals surface area contributed by atoms with Gasteiger partial charge in [0.15, 0.2) is 5.69 Å². The number of benzene rings is 1. The fourth-order valence-corrected chi connectivity index (χ4v) is 4.11. The zero-order chi connectivity index (χ0) is 19.2. The van der Waals surface area contributed by atoms with Crippen molar-refractivity contribution in [2.45, 2.75) is 45.1 Å². The molecule has 0 spiro atoms. The Hall–Kier alpha value is -2.21. The molecule has 2 atom stereocenters. The molecule has 0 aliphatic heterocycles. The highest BCUT2D eigenvalue weighted by molar-refractivity contribution is 7.09. The van der Waals surface area contributed by atoms with E-state index in [0.29, 0.717) is 18.2 Å². The molecule has 2 unspecified atom stereocenters. The monoisotopic (exact) mass is 386 g/mol. The average molecular weight is 387 g/mol. The first-order valence-electron chi connectivity index (χ1n) is 9.50. The Morgan fingerprint density at radius 1 is 1.26 bits per heavy atom. The second kappa shape index (κ2) is 9.13. The first kappa shape index (κ1) is 19.5. The minimum atomic E-state index is -0.437. The Labute approximate surface area is 164 Å². The second-order valence-corrected chi connectivity index (χ2v) is 7.89. The van der Waals surface area contributed by atoms with Gasteiger partial charge in [0.25, 0.3) is 0 Å². The number of methoxy groups -OCH3 is 1. The van der Waals surface area contributed by atoms with E-state index in [0.717, 1.165) is 37.2 Å². The van der Waals surface area contributed by atoms with Crippen molar-refractivity contribution >= 4 is 23.2 Å². The smallest absolute Gasteiger partial charge is 0.357 e. The normalized spacial score (nSPS) is 18.1. The molecule has 0 saturated heterocycles. The van der Waals surface area contributed by atoms with Crippen LogP contribution >= 0.6 is 11.3 Å². The van der Waals surface area contributed by atoms with E-state index in [2.05, 4.69) is 24.0 Å². The summed E-state index contributed by atoms with van der Waals surface area (Å²) in [4.78, 5) is 31.0. The molecule has 0 bridgehead atoms. The first-order valence-corrected chi connectivity index (χ1v) is 10.4. The molecule has 27 heavy (non-hydrogen) atoms. The molecule has 5 nitrogen and oxygen atoms in total. The fraction of sp³-hybridized carbons (Fsp3) is 0.476. The Balaban J connectivity index is 1.66. The molecule has 1 aliphatic carbocycles. The van der Waals surface area contributed by atoms with Gasteiger partial charge in [-0.2, -0.15) is 0 Å². The second-order valence-electron chi connectivity index (χ2n) is 6.94. The van der Waals surface area contributed by atoms with Gasteiger partial charge in [-0.15, -0.1) is 11.3 Å². The molecule has 1 aromatic heterocycles. The van der Waals surface area contributed by atoms with E-state index in [1.807, 2.05) is 23.1 Å². The molecule has 2 aromatic rings. The summed E-state index contributed by atoms with van der Waals surface area (Å²) >= 11 is 1.40. The summed E-state index contributed by atoms with van der Waals surface area (Å²) in [5.41, 5.74) is 1.55. The first-order chi connectivity index (χ1) is 13.1. The van der Waals surface area contributed by atoms with Crippen LogP contribution in [0, 0.1) is 5.92 Å². The maximum atomic E-state index is 13.1. The van der Waals surface area contributed by atoms with Crippen LogP contribution in [0.1, 0.15) is 59.6 Å². The van der Waals surface area contributed by atoms with Crippen LogP contribution in [0.5, 0.6) is 0 Å². The zero-order valence-corrected chi connectivity index (χ0v) is 16.7. The lowest BCUT2D eigenvalue weighted by Crippen LogP contribution is -2.33. The average Bonchev–Trinajstić information content (AvgIpc) is 3.37. The molecule has 1 fully saturated rings. The highest BCUT2D eigenvalue weighted by atomic mass is 32.1. The van der Waals surface area contributed by atoms with Gasteiger partial charge in [0.1, 0.15) is 5.01 Å². The van der Waals surface area contributed by atoms with Gasteiger partial charge >= 0.3 is 5.97 Å². The highest BCUT2D eigenvalue weighted by Gasteiger charge is 2.45. The molecule has 1 heterocycles. The van der Waals surface area contributed by atoms with E-state index in [-0.39, 0.29) is 11.8 Å². The van der Waals surface area contributed by atoms with Crippen LogP contribution in [0.2, 0.25) is 0 Å². The molecule has 3 rings (SSSR count). The standard InChI is InChI=1S/C21H26N2O3S/c1-3-4-8-11-23(13-19-22-18(14-27-19)21(25)26-2)20(24)17-12-16(17)15-9-6-5-7-10-15/h5-7,9-10,14,16-17H,3-4,8,11-13H2,1-2H3. The molecule has 1 amide bonds. The molecular weight excluding hydrogens is 360 g/mol. The molecule has 1 aliphatic rings. The van der Waals surface area contributed by atoms with Gasteiger partial charge in [-0.05, 0) is 24.3 Å². The highest BCUT2D eigenvalue weighted by Crippen LogP contribution is 2.48. The maximum absolute atomic E-state index is 13.1. The number of unbranched alkanes of at least 4 members (excludes halogenated alkanes) is 2. The van der Waals surface area contributed by atoms with E-state index in [1.165, 1.54) is 24.0 Å². The summed E-state index contributed by atoms with van der Waals surface area (Å²) in [7, 11) is 1.35. The van der Waals surface area contributed by atoms with Crippen LogP contribution in [0.4, 0.5) is 0 Å². The Morgan fingerprint density at radius 3 is 2.74 bits per heavy atom. The third kappa shape index (κ3) is 4.95. The SMILES string of the molecule is CCCCCN(Cc1nc(C(=O)OC)cs1)C(=O)C1CC1c1ccccc1. The van der Waals surface area contributed by atoms with Crippen molar-refractivity contribution in [1.29, 1.82) is 0 Å². The largest absolute Gasteiger partial charge is 0.464 e. The summed E-state index contributed by atoms with van der Waals surface area (Å²) in [5, 5.41) is 2.47. The number of amides is 1. The molecule has 144 valence electrons. The van der Waals surface area contributed by atoms with Gasteiger partial charge in [0.05, 0.1) is 13.7 Å². The third-order valence-electron chi connectivity index (χ3n) is 4.95. The number of ether oxygens (including phenoxy) is 1. The van der Waals surface area contributed by atoms with Crippen LogP contribution in [0.25, 0.3) is 0 Å². The number of carbonyl (C=O) groups is 2. The lowest BCUT2D eigenvalue weighted by atomic mass is 10.1. The van der Waals surface area contributed by atoms with Gasteiger partial charge in [-0.3, -0.25) is 4.79 Å². The molecular formula is C21H26N2O3S. The van der Waals surface area contributed by atoms with Crippen LogP contribution in [0.3, 0.4) is 0 Å². The van der Waals surface area contributed by atoms with Crippen molar-refractivity contribution in [1.82, 2.24) is 9.88 Å². The summed E-state index contributed by atoms with van der Waals surface area (Å²) in [6, 6.07) is 10.3. The number of hydrogen-bond donors (Lipinski definition) is 0.